The highest BCUT2D eigenvalue weighted by atomic mass is 14.4. The molecular weight excluding hydrogens is 420 g/mol. The van der Waals surface area contributed by atoms with Crippen LogP contribution in [-0.2, 0) is 0 Å². The molecule has 2 rings (SSSR count). The van der Waals surface area contributed by atoms with Crippen molar-refractivity contribution in [3.63, 3.8) is 0 Å². The van der Waals surface area contributed by atoms with Gasteiger partial charge in [-0.1, -0.05) is 181 Å². The van der Waals surface area contributed by atoms with E-state index in [1.807, 2.05) is 0 Å². The van der Waals surface area contributed by atoms with Gasteiger partial charge >= 0.3 is 0 Å². The van der Waals surface area contributed by atoms with Crippen molar-refractivity contribution in [1.29, 1.82) is 0 Å². The molecule has 0 N–H and O–H groups in total. The Balaban J connectivity index is 1.22. The van der Waals surface area contributed by atoms with Crippen LogP contribution in [0.1, 0.15) is 194 Å². The summed E-state index contributed by atoms with van der Waals surface area (Å²) in [5, 5.41) is 0. The van der Waals surface area contributed by atoms with E-state index in [0.717, 1.165) is 29.6 Å². The van der Waals surface area contributed by atoms with Gasteiger partial charge in [0.2, 0.25) is 0 Å². The first kappa shape index (κ1) is 31.2. The molecule has 0 amide bonds. The van der Waals surface area contributed by atoms with Crippen LogP contribution >= 0.6 is 0 Å². The van der Waals surface area contributed by atoms with Crippen LogP contribution in [0.4, 0.5) is 0 Å². The summed E-state index contributed by atoms with van der Waals surface area (Å²) < 4.78 is 0. The maximum Gasteiger partial charge on any atom is -0.0383 e. The largest absolute Gasteiger partial charge is 0.0654 e. The minimum Gasteiger partial charge on any atom is -0.0654 e. The van der Waals surface area contributed by atoms with Gasteiger partial charge in [0, 0.05) is 0 Å². The van der Waals surface area contributed by atoms with E-state index < -0.39 is 0 Å². The molecule has 0 saturated heterocycles. The molecule has 208 valence electrons. The van der Waals surface area contributed by atoms with E-state index in [1.165, 1.54) is 141 Å². The first-order chi connectivity index (χ1) is 17.2. The van der Waals surface area contributed by atoms with Gasteiger partial charge in [0.1, 0.15) is 0 Å². The zero-order valence-corrected chi connectivity index (χ0v) is 25.0. The maximum atomic E-state index is 2.50. The van der Waals surface area contributed by atoms with Crippen LogP contribution < -0.4 is 0 Å². The van der Waals surface area contributed by atoms with Crippen molar-refractivity contribution in [2.45, 2.75) is 194 Å². The van der Waals surface area contributed by atoms with Crippen LogP contribution in [0, 0.1) is 29.6 Å². The first-order valence-corrected chi connectivity index (χ1v) is 17.2. The molecule has 2 saturated carbocycles. The summed E-state index contributed by atoms with van der Waals surface area (Å²) in [6.45, 7) is 7.18. The third-order valence-corrected chi connectivity index (χ3v) is 9.88. The smallest absolute Gasteiger partial charge is 0.0383 e. The van der Waals surface area contributed by atoms with Crippen LogP contribution in [0.25, 0.3) is 0 Å². The predicted octanol–water partition coefficient (Wildman–Crippen LogP) is 12.7. The topological polar surface area (TPSA) is 0 Å². The van der Waals surface area contributed by atoms with E-state index in [-0.39, 0.29) is 0 Å². The zero-order valence-electron chi connectivity index (χ0n) is 25.0. The third-order valence-electron chi connectivity index (χ3n) is 9.88. The summed E-state index contributed by atoms with van der Waals surface area (Å²) in [4.78, 5) is 0. The van der Waals surface area contributed by atoms with Gasteiger partial charge in [0.15, 0.2) is 0 Å². The second kappa shape index (κ2) is 21.0. The molecular formula is C35H68. The van der Waals surface area contributed by atoms with E-state index in [2.05, 4.69) is 20.8 Å². The number of hydrogen-bond acceptors (Lipinski definition) is 0. The quantitative estimate of drug-likeness (QED) is 0.101. The monoisotopic (exact) mass is 489 g/mol. The first-order valence-electron chi connectivity index (χ1n) is 17.2. The number of hydrogen-bond donors (Lipinski definition) is 0. The van der Waals surface area contributed by atoms with Gasteiger partial charge in [-0.3, -0.25) is 0 Å². The molecule has 35 heavy (non-hydrogen) atoms. The average molecular weight is 489 g/mol. The van der Waals surface area contributed by atoms with E-state index in [1.54, 1.807) is 32.1 Å². The molecule has 0 radical (unpaired) electrons. The molecule has 1 unspecified atom stereocenters. The number of rotatable bonds is 27. The van der Waals surface area contributed by atoms with Gasteiger partial charge < -0.3 is 0 Å². The molecule has 0 nitrogen and oxygen atoms in total. The van der Waals surface area contributed by atoms with Crippen molar-refractivity contribution in [2.75, 3.05) is 0 Å². The summed E-state index contributed by atoms with van der Waals surface area (Å²) >= 11 is 0. The lowest BCUT2D eigenvalue weighted by molar-refractivity contribution is 0.430. The summed E-state index contributed by atoms with van der Waals surface area (Å²) in [5.74, 6) is 5.48. The highest BCUT2D eigenvalue weighted by Gasteiger charge is 2.35. The number of unbranched alkanes of at least 4 members (excludes halogenated alkanes) is 16. The Morgan fingerprint density at radius 1 is 0.429 bits per heavy atom. The Labute approximate surface area is 223 Å². The highest BCUT2D eigenvalue weighted by molar-refractivity contribution is 4.86. The van der Waals surface area contributed by atoms with Crippen LogP contribution in [0.3, 0.4) is 0 Å². The lowest BCUT2D eigenvalue weighted by Gasteiger charge is -2.11. The Morgan fingerprint density at radius 3 is 1.17 bits per heavy atom. The zero-order chi connectivity index (χ0) is 25.0. The van der Waals surface area contributed by atoms with Crippen LogP contribution in [0.15, 0.2) is 0 Å². The van der Waals surface area contributed by atoms with Crippen molar-refractivity contribution in [2.24, 2.45) is 29.6 Å². The normalized spacial score (nSPS) is 24.1. The van der Waals surface area contributed by atoms with Gasteiger partial charge in [-0.05, 0) is 42.4 Å². The molecule has 0 bridgehead atoms. The molecule has 0 heteroatoms. The van der Waals surface area contributed by atoms with E-state index in [9.17, 15) is 0 Å². The predicted molar refractivity (Wildman–Crippen MR) is 159 cm³/mol. The van der Waals surface area contributed by atoms with Crippen molar-refractivity contribution in [3.8, 4) is 0 Å². The Kier molecular flexibility index (Phi) is 18.7. The summed E-state index contributed by atoms with van der Waals surface area (Å²) in [7, 11) is 0. The minimum atomic E-state index is 0.971. The SMILES string of the molecule is CCCCCCCCC(C)CCCCCCCCC[C@@H]1C[C@H]1CCCCCCCC[C@H]1C[C@@H]1CC. The maximum absolute atomic E-state index is 2.50. The highest BCUT2D eigenvalue weighted by Crippen LogP contribution is 2.46. The molecule has 2 aliphatic rings. The van der Waals surface area contributed by atoms with E-state index in [4.69, 9.17) is 0 Å². The molecule has 5 atom stereocenters. The molecule has 0 spiro atoms. The minimum absolute atomic E-state index is 0.971. The molecule has 0 heterocycles. The van der Waals surface area contributed by atoms with Crippen LogP contribution in [0.5, 0.6) is 0 Å². The van der Waals surface area contributed by atoms with Crippen molar-refractivity contribution < 1.29 is 0 Å². The van der Waals surface area contributed by atoms with Gasteiger partial charge in [-0.15, -0.1) is 0 Å². The van der Waals surface area contributed by atoms with E-state index in [0.29, 0.717) is 0 Å². The molecule has 0 aliphatic heterocycles. The van der Waals surface area contributed by atoms with Crippen LogP contribution in [0.2, 0.25) is 0 Å². The Morgan fingerprint density at radius 2 is 0.771 bits per heavy atom. The summed E-state index contributed by atoms with van der Waals surface area (Å²) in [5.41, 5.74) is 0. The van der Waals surface area contributed by atoms with Gasteiger partial charge in [-0.2, -0.15) is 0 Å². The average Bonchev–Trinajstić information content (AvgIpc) is 3.78. The summed E-state index contributed by atoms with van der Waals surface area (Å²) in [6.07, 6.45) is 40.5. The van der Waals surface area contributed by atoms with Gasteiger partial charge in [-0.25, -0.2) is 0 Å². The molecule has 0 aromatic heterocycles. The van der Waals surface area contributed by atoms with Crippen LogP contribution in [-0.4, -0.2) is 0 Å². The summed E-state index contributed by atoms with van der Waals surface area (Å²) in [6, 6.07) is 0. The standard InChI is InChI=1S/C35H68/c1-4-6-7-8-14-19-24-31(3)25-20-15-10-9-11-16-22-27-34-30-35(34)28-23-18-13-12-17-21-26-33-29-32(33)5-2/h31-35H,4-30H2,1-3H3/t31?,32-,33-,34+,35+/m0/s1. The van der Waals surface area contributed by atoms with Crippen molar-refractivity contribution in [3.05, 3.63) is 0 Å². The van der Waals surface area contributed by atoms with Gasteiger partial charge in [0.05, 0.1) is 0 Å². The Bertz CT molecular complexity index is 453. The molecule has 0 aromatic rings. The molecule has 0 aromatic carbocycles. The van der Waals surface area contributed by atoms with Gasteiger partial charge in [0.25, 0.3) is 0 Å². The molecule has 2 aliphatic carbocycles. The second-order valence-corrected chi connectivity index (χ2v) is 13.3. The lowest BCUT2D eigenvalue weighted by atomic mass is 9.96. The second-order valence-electron chi connectivity index (χ2n) is 13.3. The van der Waals surface area contributed by atoms with E-state index >= 15 is 0 Å². The third kappa shape index (κ3) is 17.2. The fourth-order valence-electron chi connectivity index (χ4n) is 6.90. The fourth-order valence-corrected chi connectivity index (χ4v) is 6.90. The van der Waals surface area contributed by atoms with Crippen molar-refractivity contribution in [1.82, 2.24) is 0 Å². The Hall–Kier alpha value is 0. The van der Waals surface area contributed by atoms with Crippen molar-refractivity contribution >= 4 is 0 Å². The lowest BCUT2D eigenvalue weighted by Crippen LogP contribution is -1.95. The molecule has 2 fully saturated rings. The fraction of sp³-hybridized carbons (Fsp3) is 1.00.